The number of benzene rings is 1. The van der Waals surface area contributed by atoms with E-state index in [1.165, 1.54) is 18.3 Å². The zero-order valence-electron chi connectivity index (χ0n) is 16.9. The van der Waals surface area contributed by atoms with Crippen LogP contribution in [0, 0.1) is 0 Å². The van der Waals surface area contributed by atoms with Gasteiger partial charge in [-0.2, -0.15) is 5.10 Å². The number of likely N-dealkylation sites (N-methyl/N-ethyl adjacent to an activating group) is 1. The third kappa shape index (κ3) is 5.73. The van der Waals surface area contributed by atoms with Crippen LogP contribution < -0.4 is 10.0 Å². The minimum Gasteiger partial charge on any atom is -0.319 e. The van der Waals surface area contributed by atoms with E-state index in [0.29, 0.717) is 12.2 Å². The van der Waals surface area contributed by atoms with E-state index >= 15 is 0 Å². The number of aromatic nitrogens is 2. The molecule has 8 nitrogen and oxygen atoms in total. The van der Waals surface area contributed by atoms with Gasteiger partial charge < -0.3 is 10.2 Å². The van der Waals surface area contributed by atoms with E-state index in [1.54, 1.807) is 10.9 Å². The van der Waals surface area contributed by atoms with Gasteiger partial charge in [-0.05, 0) is 38.1 Å². The van der Waals surface area contributed by atoms with Gasteiger partial charge in [0, 0.05) is 18.8 Å². The number of halogens is 2. The lowest BCUT2D eigenvalue weighted by Crippen LogP contribution is -2.27. The highest BCUT2D eigenvalue weighted by Crippen LogP contribution is 2.31. The zero-order chi connectivity index (χ0) is 21.9. The lowest BCUT2D eigenvalue weighted by molar-refractivity contribution is 0.102. The summed E-state index contributed by atoms with van der Waals surface area (Å²) in [6, 6.07) is 2.39. The van der Waals surface area contributed by atoms with Crippen molar-refractivity contribution in [1.29, 1.82) is 0 Å². The molecule has 2 N–H and O–H groups in total. The summed E-state index contributed by atoms with van der Waals surface area (Å²) < 4.78 is 29.4. The van der Waals surface area contributed by atoms with Crippen molar-refractivity contribution in [3.63, 3.8) is 0 Å². The lowest BCUT2D eigenvalue weighted by atomic mass is 10.2. The summed E-state index contributed by atoms with van der Waals surface area (Å²) in [6.07, 6.45) is 4.83. The monoisotopic (exact) mass is 473 g/mol. The molecule has 0 spiro atoms. The molecule has 0 aliphatic heterocycles. The minimum absolute atomic E-state index is 0.0214. The number of anilines is 1. The van der Waals surface area contributed by atoms with Crippen molar-refractivity contribution in [2.75, 3.05) is 25.0 Å². The third-order valence-corrected chi connectivity index (χ3v) is 7.18. The summed E-state index contributed by atoms with van der Waals surface area (Å²) in [6.45, 7) is 7.65. The number of hydrogen-bond acceptors (Lipinski definition) is 5. The minimum atomic E-state index is -3.83. The third-order valence-electron chi connectivity index (χ3n) is 4.89. The number of nitrogens with zero attached hydrogens (tertiary/aromatic N) is 3. The molecule has 1 saturated carbocycles. The van der Waals surface area contributed by atoms with Crippen LogP contribution in [0.15, 0.2) is 29.4 Å². The molecule has 1 aromatic heterocycles. The van der Waals surface area contributed by atoms with Crippen molar-refractivity contribution in [2.45, 2.75) is 44.2 Å². The highest BCUT2D eigenvalue weighted by Gasteiger charge is 2.30. The Hall–Kier alpha value is -1.65. The van der Waals surface area contributed by atoms with E-state index in [9.17, 15) is 13.2 Å². The Morgan fingerprint density at radius 1 is 1.23 bits per heavy atom. The second-order valence-electron chi connectivity index (χ2n) is 7.13. The summed E-state index contributed by atoms with van der Waals surface area (Å²) >= 11 is 12.3. The summed E-state index contributed by atoms with van der Waals surface area (Å²) in [5.41, 5.74) is 0.513. The molecule has 2 aromatic rings. The van der Waals surface area contributed by atoms with Gasteiger partial charge in [0.2, 0.25) is 10.0 Å². The van der Waals surface area contributed by atoms with E-state index in [0.717, 1.165) is 32.5 Å². The highest BCUT2D eigenvalue weighted by molar-refractivity contribution is 7.89. The molecule has 1 aliphatic rings. The standard InChI is InChI=1S/C19H25Cl2N5O3S/c1-3-25(4-2)7-8-26-12-14(11-22-26)23-19(27)15-9-18(17(21)10-16(15)20)30(28,29)24-13-5-6-13/h9-13,24H,3-8H2,1-2H3,(H,23,27). The Morgan fingerprint density at radius 3 is 2.57 bits per heavy atom. The molecule has 1 aromatic carbocycles. The van der Waals surface area contributed by atoms with E-state index in [4.69, 9.17) is 23.2 Å². The maximum absolute atomic E-state index is 12.7. The first-order valence-electron chi connectivity index (χ1n) is 9.81. The van der Waals surface area contributed by atoms with Gasteiger partial charge in [-0.25, -0.2) is 13.1 Å². The number of rotatable bonds is 10. The molecule has 1 aliphatic carbocycles. The molecule has 11 heteroatoms. The summed E-state index contributed by atoms with van der Waals surface area (Å²) in [5.74, 6) is -0.539. The fourth-order valence-electron chi connectivity index (χ4n) is 2.93. The van der Waals surface area contributed by atoms with Crippen molar-refractivity contribution in [3.8, 4) is 0 Å². The van der Waals surface area contributed by atoms with E-state index < -0.39 is 15.9 Å². The van der Waals surface area contributed by atoms with Gasteiger partial charge in [0.15, 0.2) is 0 Å². The Morgan fingerprint density at radius 2 is 1.93 bits per heavy atom. The molecule has 0 unspecified atom stereocenters. The van der Waals surface area contributed by atoms with Gasteiger partial charge in [0.05, 0.1) is 34.0 Å². The fraction of sp³-hybridized carbons (Fsp3) is 0.474. The molecule has 164 valence electrons. The zero-order valence-corrected chi connectivity index (χ0v) is 19.2. The van der Waals surface area contributed by atoms with Crippen molar-refractivity contribution in [1.82, 2.24) is 19.4 Å². The molecule has 0 bridgehead atoms. The fourth-order valence-corrected chi connectivity index (χ4v) is 5.09. The average molecular weight is 474 g/mol. The smallest absolute Gasteiger partial charge is 0.257 e. The summed E-state index contributed by atoms with van der Waals surface area (Å²) in [7, 11) is -3.83. The predicted octanol–water partition coefficient (Wildman–Crippen LogP) is 3.22. The Labute approximate surface area is 186 Å². The van der Waals surface area contributed by atoms with Crippen LogP contribution in [0.5, 0.6) is 0 Å². The largest absolute Gasteiger partial charge is 0.319 e. The number of hydrogen-bond donors (Lipinski definition) is 2. The van der Waals surface area contributed by atoms with Crippen LogP contribution in [0.2, 0.25) is 10.0 Å². The van der Waals surface area contributed by atoms with Gasteiger partial charge in [-0.1, -0.05) is 37.0 Å². The molecular formula is C19H25Cl2N5O3S. The maximum atomic E-state index is 12.7. The number of carbonyl (C=O) groups is 1. The maximum Gasteiger partial charge on any atom is 0.257 e. The van der Waals surface area contributed by atoms with Gasteiger partial charge in [0.25, 0.3) is 5.91 Å². The first-order chi connectivity index (χ1) is 14.2. The molecule has 30 heavy (non-hydrogen) atoms. The van der Waals surface area contributed by atoms with Crippen LogP contribution in [0.4, 0.5) is 5.69 Å². The second-order valence-corrected chi connectivity index (χ2v) is 9.63. The van der Waals surface area contributed by atoms with Gasteiger partial charge in [-0.15, -0.1) is 0 Å². The van der Waals surface area contributed by atoms with Crippen molar-refractivity contribution in [2.24, 2.45) is 0 Å². The number of nitrogens with one attached hydrogen (secondary N) is 2. The first kappa shape index (κ1) is 23.0. The SMILES string of the molecule is CCN(CC)CCn1cc(NC(=O)c2cc(S(=O)(=O)NC3CC3)c(Cl)cc2Cl)cn1. The van der Waals surface area contributed by atoms with E-state index in [-0.39, 0.29) is 26.5 Å². The average Bonchev–Trinajstić information content (AvgIpc) is 3.37. The molecule has 0 radical (unpaired) electrons. The van der Waals surface area contributed by atoms with Gasteiger partial charge in [-0.3, -0.25) is 9.48 Å². The molecule has 3 rings (SSSR count). The van der Waals surface area contributed by atoms with Crippen LogP contribution in [0.1, 0.15) is 37.0 Å². The quantitative estimate of drug-likeness (QED) is 0.551. The Balaban J connectivity index is 1.73. The highest BCUT2D eigenvalue weighted by atomic mass is 35.5. The Kier molecular flexibility index (Phi) is 7.41. The van der Waals surface area contributed by atoms with E-state index in [2.05, 4.69) is 33.9 Å². The number of sulfonamides is 1. The van der Waals surface area contributed by atoms with Crippen molar-refractivity contribution >= 4 is 44.8 Å². The van der Waals surface area contributed by atoms with E-state index in [1.807, 2.05) is 0 Å². The molecular weight excluding hydrogens is 449 g/mol. The second kappa shape index (κ2) is 9.65. The molecule has 0 saturated heterocycles. The molecule has 0 atom stereocenters. The number of amides is 1. The van der Waals surface area contributed by atoms with Crippen LogP contribution in [-0.4, -0.2) is 54.7 Å². The summed E-state index contributed by atoms with van der Waals surface area (Å²) in [5, 5.41) is 6.99. The number of carbonyl (C=O) groups excluding carboxylic acids is 1. The lowest BCUT2D eigenvalue weighted by Gasteiger charge is -2.17. The molecule has 1 amide bonds. The van der Waals surface area contributed by atoms with Crippen LogP contribution in [0.3, 0.4) is 0 Å². The Bertz CT molecular complexity index is 1020. The summed E-state index contributed by atoms with van der Waals surface area (Å²) in [4.78, 5) is 14.8. The molecule has 1 fully saturated rings. The van der Waals surface area contributed by atoms with Crippen LogP contribution in [-0.2, 0) is 16.6 Å². The van der Waals surface area contributed by atoms with Crippen molar-refractivity contribution in [3.05, 3.63) is 40.1 Å². The predicted molar refractivity (Wildman–Crippen MR) is 118 cm³/mol. The first-order valence-corrected chi connectivity index (χ1v) is 12.0. The normalized spacial score (nSPS) is 14.3. The van der Waals surface area contributed by atoms with Gasteiger partial charge in [0.1, 0.15) is 4.90 Å². The van der Waals surface area contributed by atoms with Crippen LogP contribution in [0.25, 0.3) is 0 Å². The topological polar surface area (TPSA) is 96.3 Å². The van der Waals surface area contributed by atoms with Crippen LogP contribution >= 0.6 is 23.2 Å². The van der Waals surface area contributed by atoms with Gasteiger partial charge >= 0.3 is 0 Å². The van der Waals surface area contributed by atoms with Crippen molar-refractivity contribution < 1.29 is 13.2 Å². The molecule has 1 heterocycles.